The van der Waals surface area contributed by atoms with Gasteiger partial charge in [0, 0.05) is 30.7 Å². The Kier molecular flexibility index (Phi) is 6.39. The second-order valence-electron chi connectivity index (χ2n) is 6.77. The SMILES string of the molecule is CC(C)Cc1cc(Cl)c2ccc(OCCN3CCOCC3)c(Cl)c2n1. The Labute approximate surface area is 159 Å². The topological polar surface area (TPSA) is 34.6 Å². The summed E-state index contributed by atoms with van der Waals surface area (Å²) in [5.74, 6) is 1.17. The number of benzene rings is 1. The van der Waals surface area contributed by atoms with Crippen molar-refractivity contribution in [3.8, 4) is 5.75 Å². The Bertz CT molecular complexity index is 731. The minimum Gasteiger partial charge on any atom is -0.491 e. The van der Waals surface area contributed by atoms with Crippen LogP contribution in [0.5, 0.6) is 5.75 Å². The summed E-state index contributed by atoms with van der Waals surface area (Å²) >= 11 is 13.0. The van der Waals surface area contributed by atoms with Gasteiger partial charge in [0.05, 0.1) is 23.8 Å². The molecule has 0 amide bonds. The van der Waals surface area contributed by atoms with Crippen LogP contribution >= 0.6 is 23.2 Å². The van der Waals surface area contributed by atoms with E-state index in [0.717, 1.165) is 50.3 Å². The van der Waals surface area contributed by atoms with Crippen LogP contribution in [-0.4, -0.2) is 49.3 Å². The highest BCUT2D eigenvalue weighted by atomic mass is 35.5. The first-order valence-corrected chi connectivity index (χ1v) is 9.50. The predicted octanol–water partition coefficient (Wildman–Crippen LogP) is 4.45. The lowest BCUT2D eigenvalue weighted by molar-refractivity contribution is 0.0322. The number of halogens is 2. The van der Waals surface area contributed by atoms with Gasteiger partial charge in [0.25, 0.3) is 0 Å². The van der Waals surface area contributed by atoms with E-state index in [1.165, 1.54) is 0 Å². The van der Waals surface area contributed by atoms with E-state index in [1.54, 1.807) is 0 Å². The fraction of sp³-hybridized carbons (Fsp3) is 0.526. The highest BCUT2D eigenvalue weighted by Gasteiger charge is 2.14. The lowest BCUT2D eigenvalue weighted by Crippen LogP contribution is -2.38. The van der Waals surface area contributed by atoms with Gasteiger partial charge in [-0.25, -0.2) is 0 Å². The lowest BCUT2D eigenvalue weighted by atomic mass is 10.1. The number of fused-ring (bicyclic) bond motifs is 1. The number of ether oxygens (including phenoxy) is 2. The van der Waals surface area contributed by atoms with Crippen LogP contribution in [0.15, 0.2) is 18.2 Å². The molecule has 1 aliphatic rings. The monoisotopic (exact) mass is 382 g/mol. The fourth-order valence-corrected chi connectivity index (χ4v) is 3.53. The van der Waals surface area contributed by atoms with Crippen molar-refractivity contribution in [1.29, 1.82) is 0 Å². The van der Waals surface area contributed by atoms with E-state index in [4.69, 9.17) is 37.7 Å². The highest BCUT2D eigenvalue weighted by molar-refractivity contribution is 6.40. The summed E-state index contributed by atoms with van der Waals surface area (Å²) in [6.07, 6.45) is 0.869. The van der Waals surface area contributed by atoms with Crippen LogP contribution in [0.2, 0.25) is 10.0 Å². The maximum absolute atomic E-state index is 6.56. The third kappa shape index (κ3) is 4.76. The van der Waals surface area contributed by atoms with Crippen LogP contribution in [-0.2, 0) is 11.2 Å². The van der Waals surface area contributed by atoms with Crippen molar-refractivity contribution >= 4 is 34.1 Å². The Morgan fingerprint density at radius 3 is 2.72 bits per heavy atom. The summed E-state index contributed by atoms with van der Waals surface area (Å²) in [6, 6.07) is 5.73. The average molecular weight is 383 g/mol. The van der Waals surface area contributed by atoms with E-state index in [1.807, 2.05) is 18.2 Å². The molecule has 1 fully saturated rings. The van der Waals surface area contributed by atoms with Crippen molar-refractivity contribution in [2.45, 2.75) is 20.3 Å². The fourth-order valence-electron chi connectivity index (χ4n) is 2.99. The molecule has 1 saturated heterocycles. The maximum atomic E-state index is 6.56. The molecule has 0 radical (unpaired) electrons. The second kappa shape index (κ2) is 8.54. The van der Waals surface area contributed by atoms with Gasteiger partial charge in [0.15, 0.2) is 0 Å². The van der Waals surface area contributed by atoms with Crippen molar-refractivity contribution < 1.29 is 9.47 Å². The zero-order valence-corrected chi connectivity index (χ0v) is 16.2. The quantitative estimate of drug-likeness (QED) is 0.738. The van der Waals surface area contributed by atoms with Crippen molar-refractivity contribution in [2.75, 3.05) is 39.5 Å². The number of hydrogen-bond acceptors (Lipinski definition) is 4. The molecule has 1 aliphatic heterocycles. The molecule has 4 nitrogen and oxygen atoms in total. The summed E-state index contributed by atoms with van der Waals surface area (Å²) in [4.78, 5) is 7.04. The standard InChI is InChI=1S/C19H24Cl2N2O2/c1-13(2)11-14-12-16(20)15-3-4-17(18(21)19(15)22-14)25-10-7-23-5-8-24-9-6-23/h3-4,12-13H,5-11H2,1-2H3. The molecule has 2 aromatic rings. The lowest BCUT2D eigenvalue weighted by Gasteiger charge is -2.26. The highest BCUT2D eigenvalue weighted by Crippen LogP contribution is 2.35. The number of hydrogen-bond donors (Lipinski definition) is 0. The van der Waals surface area contributed by atoms with Crippen molar-refractivity contribution in [3.63, 3.8) is 0 Å². The van der Waals surface area contributed by atoms with E-state index >= 15 is 0 Å². The predicted molar refractivity (Wildman–Crippen MR) is 103 cm³/mol. The van der Waals surface area contributed by atoms with E-state index in [9.17, 15) is 0 Å². The first-order chi connectivity index (χ1) is 12.0. The Balaban J connectivity index is 1.75. The van der Waals surface area contributed by atoms with Gasteiger partial charge in [0.2, 0.25) is 0 Å². The van der Waals surface area contributed by atoms with Gasteiger partial charge in [-0.3, -0.25) is 9.88 Å². The maximum Gasteiger partial charge on any atom is 0.140 e. The Hall–Kier alpha value is -1.07. The van der Waals surface area contributed by atoms with Crippen LogP contribution in [0.3, 0.4) is 0 Å². The molecule has 136 valence electrons. The molecular formula is C19H24Cl2N2O2. The minimum atomic E-state index is 0.507. The first-order valence-electron chi connectivity index (χ1n) is 8.75. The summed E-state index contributed by atoms with van der Waals surface area (Å²) < 4.78 is 11.3. The molecule has 0 aliphatic carbocycles. The van der Waals surface area contributed by atoms with Crippen LogP contribution in [0.1, 0.15) is 19.5 Å². The normalized spacial score (nSPS) is 15.9. The van der Waals surface area contributed by atoms with Gasteiger partial charge in [-0.15, -0.1) is 0 Å². The summed E-state index contributed by atoms with van der Waals surface area (Å²) in [7, 11) is 0. The molecule has 0 N–H and O–H groups in total. The summed E-state index contributed by atoms with van der Waals surface area (Å²) in [5, 5.41) is 2.08. The summed E-state index contributed by atoms with van der Waals surface area (Å²) in [5.41, 5.74) is 1.67. The van der Waals surface area contributed by atoms with Crippen molar-refractivity contribution in [2.24, 2.45) is 5.92 Å². The molecule has 6 heteroatoms. The van der Waals surface area contributed by atoms with Crippen LogP contribution in [0.4, 0.5) is 0 Å². The van der Waals surface area contributed by atoms with Gasteiger partial charge in [0.1, 0.15) is 17.4 Å². The molecular weight excluding hydrogens is 359 g/mol. The van der Waals surface area contributed by atoms with Gasteiger partial charge >= 0.3 is 0 Å². The largest absolute Gasteiger partial charge is 0.491 e. The molecule has 1 aromatic carbocycles. The first kappa shape index (κ1) is 18.7. The van der Waals surface area contributed by atoms with Crippen LogP contribution in [0, 0.1) is 5.92 Å². The molecule has 25 heavy (non-hydrogen) atoms. The van der Waals surface area contributed by atoms with Gasteiger partial charge in [-0.2, -0.15) is 0 Å². The van der Waals surface area contributed by atoms with Gasteiger partial charge in [-0.1, -0.05) is 37.0 Å². The minimum absolute atomic E-state index is 0.507. The average Bonchev–Trinajstić information content (AvgIpc) is 2.58. The van der Waals surface area contributed by atoms with Crippen LogP contribution in [0.25, 0.3) is 10.9 Å². The number of aromatic nitrogens is 1. The molecule has 0 unspecified atom stereocenters. The number of morpholine rings is 1. The van der Waals surface area contributed by atoms with Crippen molar-refractivity contribution in [3.05, 3.63) is 33.9 Å². The Morgan fingerprint density at radius 2 is 2.00 bits per heavy atom. The van der Waals surface area contributed by atoms with E-state index in [2.05, 4.69) is 18.7 Å². The summed E-state index contributed by atoms with van der Waals surface area (Å²) in [6.45, 7) is 9.24. The number of rotatable bonds is 6. The number of nitrogens with zero attached hydrogens (tertiary/aromatic N) is 2. The van der Waals surface area contributed by atoms with E-state index in [-0.39, 0.29) is 0 Å². The van der Waals surface area contributed by atoms with E-state index < -0.39 is 0 Å². The third-order valence-electron chi connectivity index (χ3n) is 4.27. The third-order valence-corrected chi connectivity index (χ3v) is 4.95. The molecule has 0 bridgehead atoms. The van der Waals surface area contributed by atoms with Gasteiger partial charge in [-0.05, 0) is 30.5 Å². The Morgan fingerprint density at radius 1 is 1.24 bits per heavy atom. The van der Waals surface area contributed by atoms with E-state index in [0.29, 0.717) is 33.8 Å². The molecule has 1 aromatic heterocycles. The second-order valence-corrected chi connectivity index (χ2v) is 7.55. The molecule has 0 spiro atoms. The molecule has 2 heterocycles. The number of pyridine rings is 1. The van der Waals surface area contributed by atoms with Crippen molar-refractivity contribution in [1.82, 2.24) is 9.88 Å². The zero-order chi connectivity index (χ0) is 17.8. The van der Waals surface area contributed by atoms with Crippen LogP contribution < -0.4 is 4.74 Å². The zero-order valence-electron chi connectivity index (χ0n) is 14.7. The molecule has 3 rings (SSSR count). The smallest absolute Gasteiger partial charge is 0.140 e. The molecule has 0 saturated carbocycles. The molecule has 0 atom stereocenters. The van der Waals surface area contributed by atoms with Gasteiger partial charge < -0.3 is 9.47 Å².